The minimum Gasteiger partial charge on any atom is -0.481 e. The van der Waals surface area contributed by atoms with Crippen LogP contribution in [0.25, 0.3) is 0 Å². The molecule has 7 heteroatoms. The number of hydrogen-bond acceptors (Lipinski definition) is 3. The van der Waals surface area contributed by atoms with E-state index in [0.717, 1.165) is 41.3 Å². The Labute approximate surface area is 181 Å². The average Bonchev–Trinajstić information content (AvgIpc) is 2.68. The highest BCUT2D eigenvalue weighted by Crippen LogP contribution is 2.24. The largest absolute Gasteiger partial charge is 0.481 e. The number of nitrogens with one attached hydrogen (secondary N) is 1. The summed E-state index contributed by atoms with van der Waals surface area (Å²) in [6, 6.07) is 14.1. The SMILES string of the molecule is CCCCCC(NS(=O)(=O)c1ccc(Br)cc1)c1ccc(CCCC(=O)O)cc1. The Kier molecular flexibility index (Phi) is 9.33. The highest BCUT2D eigenvalue weighted by Gasteiger charge is 2.21. The summed E-state index contributed by atoms with van der Waals surface area (Å²) < 4.78 is 29.4. The Morgan fingerprint density at radius 3 is 2.28 bits per heavy atom. The molecule has 0 aromatic heterocycles. The molecule has 29 heavy (non-hydrogen) atoms. The second-order valence-corrected chi connectivity index (χ2v) is 9.74. The van der Waals surface area contributed by atoms with Gasteiger partial charge in [-0.1, -0.05) is 66.4 Å². The van der Waals surface area contributed by atoms with E-state index in [1.165, 1.54) is 0 Å². The molecule has 0 amide bonds. The lowest BCUT2D eigenvalue weighted by Crippen LogP contribution is -2.28. The molecule has 5 nitrogen and oxygen atoms in total. The summed E-state index contributed by atoms with van der Waals surface area (Å²) in [6.45, 7) is 2.12. The first-order chi connectivity index (χ1) is 13.8. The third-order valence-corrected chi connectivity index (χ3v) is 6.77. The van der Waals surface area contributed by atoms with Crippen molar-refractivity contribution in [2.75, 3.05) is 0 Å². The summed E-state index contributed by atoms with van der Waals surface area (Å²) in [7, 11) is -3.63. The number of halogens is 1. The standard InChI is InChI=1S/C22H28BrNO4S/c1-2-3-4-7-21(24-29(27,28)20-15-13-19(23)14-16-20)18-11-9-17(10-12-18)6-5-8-22(25)26/h9-16,21,24H,2-8H2,1H3,(H,25,26). The van der Waals surface area contributed by atoms with Crippen molar-refractivity contribution >= 4 is 31.9 Å². The topological polar surface area (TPSA) is 83.5 Å². The molecule has 0 bridgehead atoms. The van der Waals surface area contributed by atoms with Crippen molar-refractivity contribution in [1.29, 1.82) is 0 Å². The molecule has 0 heterocycles. The molecule has 1 unspecified atom stereocenters. The lowest BCUT2D eigenvalue weighted by molar-refractivity contribution is -0.137. The number of carboxylic acids is 1. The Bertz CT molecular complexity index is 880. The van der Waals surface area contributed by atoms with Crippen LogP contribution in [0.1, 0.15) is 62.6 Å². The van der Waals surface area contributed by atoms with Crippen LogP contribution in [0.3, 0.4) is 0 Å². The summed E-state index contributed by atoms with van der Waals surface area (Å²) in [5.74, 6) is -0.792. The molecule has 0 saturated heterocycles. The van der Waals surface area contributed by atoms with Crippen LogP contribution in [0.2, 0.25) is 0 Å². The van der Waals surface area contributed by atoms with Gasteiger partial charge in [0.05, 0.1) is 4.90 Å². The first-order valence-corrected chi connectivity index (χ1v) is 12.2. The summed E-state index contributed by atoms with van der Waals surface area (Å²) in [5, 5.41) is 8.76. The number of unbranched alkanes of at least 4 members (excludes halogenated alkanes) is 2. The van der Waals surface area contributed by atoms with Gasteiger partial charge in [0.15, 0.2) is 0 Å². The maximum Gasteiger partial charge on any atom is 0.303 e. The van der Waals surface area contributed by atoms with Crippen LogP contribution in [-0.2, 0) is 21.2 Å². The monoisotopic (exact) mass is 481 g/mol. The highest BCUT2D eigenvalue weighted by molar-refractivity contribution is 9.10. The minimum absolute atomic E-state index is 0.147. The fourth-order valence-electron chi connectivity index (χ4n) is 3.12. The van der Waals surface area contributed by atoms with Crippen LogP contribution in [0.15, 0.2) is 57.9 Å². The third kappa shape index (κ3) is 7.91. The first-order valence-electron chi connectivity index (χ1n) is 9.90. The fourth-order valence-corrected chi connectivity index (χ4v) is 4.64. The summed E-state index contributed by atoms with van der Waals surface area (Å²) in [4.78, 5) is 10.9. The number of rotatable bonds is 12. The van der Waals surface area contributed by atoms with Crippen molar-refractivity contribution in [3.05, 3.63) is 64.1 Å². The van der Waals surface area contributed by atoms with Crippen molar-refractivity contribution in [1.82, 2.24) is 4.72 Å². The van der Waals surface area contributed by atoms with Crippen LogP contribution in [0.5, 0.6) is 0 Å². The molecular formula is C22H28BrNO4S. The van der Waals surface area contributed by atoms with Crippen molar-refractivity contribution in [2.24, 2.45) is 0 Å². The molecule has 1 atom stereocenters. The Hall–Kier alpha value is -1.70. The minimum atomic E-state index is -3.63. The van der Waals surface area contributed by atoms with Gasteiger partial charge in [0.2, 0.25) is 10.0 Å². The van der Waals surface area contributed by atoms with E-state index in [2.05, 4.69) is 27.6 Å². The highest BCUT2D eigenvalue weighted by atomic mass is 79.9. The van der Waals surface area contributed by atoms with E-state index in [1.807, 2.05) is 24.3 Å². The molecule has 158 valence electrons. The van der Waals surface area contributed by atoms with Gasteiger partial charge >= 0.3 is 5.97 Å². The zero-order chi connectivity index (χ0) is 21.3. The molecule has 0 radical (unpaired) electrons. The lowest BCUT2D eigenvalue weighted by atomic mass is 9.99. The van der Waals surface area contributed by atoms with Gasteiger partial charge in [-0.2, -0.15) is 0 Å². The van der Waals surface area contributed by atoms with Gasteiger partial charge < -0.3 is 5.11 Å². The van der Waals surface area contributed by atoms with E-state index in [0.29, 0.717) is 12.8 Å². The Balaban J connectivity index is 2.14. The summed E-state index contributed by atoms with van der Waals surface area (Å²) in [5.41, 5.74) is 1.97. The number of aliphatic carboxylic acids is 1. The smallest absolute Gasteiger partial charge is 0.303 e. The van der Waals surface area contributed by atoms with Gasteiger partial charge in [-0.3, -0.25) is 4.79 Å². The van der Waals surface area contributed by atoms with Crippen molar-refractivity contribution in [3.8, 4) is 0 Å². The number of hydrogen-bond donors (Lipinski definition) is 2. The molecule has 0 spiro atoms. The summed E-state index contributed by atoms with van der Waals surface area (Å²) in [6.07, 6.45) is 5.20. The van der Waals surface area contributed by atoms with Gasteiger partial charge in [0, 0.05) is 16.9 Å². The van der Waals surface area contributed by atoms with Gasteiger partial charge in [-0.15, -0.1) is 0 Å². The predicted octanol–water partition coefficient (Wildman–Crippen LogP) is 5.46. The Morgan fingerprint density at radius 1 is 1.03 bits per heavy atom. The normalized spacial score (nSPS) is 12.6. The average molecular weight is 482 g/mol. The predicted molar refractivity (Wildman–Crippen MR) is 118 cm³/mol. The van der Waals surface area contributed by atoms with Crippen LogP contribution in [0.4, 0.5) is 0 Å². The molecule has 0 fully saturated rings. The molecule has 0 aliphatic rings. The van der Waals surface area contributed by atoms with Crippen molar-refractivity contribution in [3.63, 3.8) is 0 Å². The molecule has 2 aromatic carbocycles. The Morgan fingerprint density at radius 2 is 1.69 bits per heavy atom. The molecule has 0 aliphatic carbocycles. The van der Waals surface area contributed by atoms with Gasteiger partial charge in [0.25, 0.3) is 0 Å². The number of benzene rings is 2. The molecule has 0 aliphatic heterocycles. The number of aryl methyl sites for hydroxylation is 1. The van der Waals surface area contributed by atoms with Gasteiger partial charge in [-0.05, 0) is 54.7 Å². The van der Waals surface area contributed by atoms with Crippen molar-refractivity contribution in [2.45, 2.75) is 62.8 Å². The third-order valence-electron chi connectivity index (χ3n) is 4.76. The van der Waals surface area contributed by atoms with E-state index in [1.54, 1.807) is 24.3 Å². The van der Waals surface area contributed by atoms with E-state index in [9.17, 15) is 13.2 Å². The van der Waals surface area contributed by atoms with Crippen LogP contribution in [-0.4, -0.2) is 19.5 Å². The fraction of sp³-hybridized carbons (Fsp3) is 0.409. The first kappa shape index (κ1) is 23.6. The molecule has 0 saturated carbocycles. The second kappa shape index (κ2) is 11.5. The van der Waals surface area contributed by atoms with E-state index >= 15 is 0 Å². The number of carbonyl (C=O) groups is 1. The molecule has 2 rings (SSSR count). The molecule has 2 N–H and O–H groups in total. The number of carboxylic acid groups (broad SMARTS) is 1. The maximum absolute atomic E-state index is 12.9. The molecule has 2 aromatic rings. The lowest BCUT2D eigenvalue weighted by Gasteiger charge is -2.20. The van der Waals surface area contributed by atoms with Crippen LogP contribution >= 0.6 is 15.9 Å². The van der Waals surface area contributed by atoms with Crippen LogP contribution < -0.4 is 4.72 Å². The number of sulfonamides is 1. The maximum atomic E-state index is 12.9. The second-order valence-electron chi connectivity index (χ2n) is 7.11. The van der Waals surface area contributed by atoms with Crippen LogP contribution in [0, 0.1) is 0 Å². The van der Waals surface area contributed by atoms with E-state index in [-0.39, 0.29) is 17.4 Å². The summed E-state index contributed by atoms with van der Waals surface area (Å²) >= 11 is 3.33. The van der Waals surface area contributed by atoms with Gasteiger partial charge in [-0.25, -0.2) is 13.1 Å². The van der Waals surface area contributed by atoms with E-state index < -0.39 is 16.0 Å². The van der Waals surface area contributed by atoms with Gasteiger partial charge in [0.1, 0.15) is 0 Å². The zero-order valence-corrected chi connectivity index (χ0v) is 19.0. The quantitative estimate of drug-likeness (QED) is 0.394. The zero-order valence-electron chi connectivity index (χ0n) is 16.6. The van der Waals surface area contributed by atoms with Crippen molar-refractivity contribution < 1.29 is 18.3 Å². The molecular weight excluding hydrogens is 454 g/mol. The van der Waals surface area contributed by atoms with E-state index in [4.69, 9.17) is 5.11 Å².